The summed E-state index contributed by atoms with van der Waals surface area (Å²) < 4.78 is 17.4. The Bertz CT molecular complexity index is 297. The van der Waals surface area contributed by atoms with Crippen molar-refractivity contribution in [2.45, 2.75) is 13.8 Å². The van der Waals surface area contributed by atoms with Crippen molar-refractivity contribution >= 4 is 29.6 Å². The van der Waals surface area contributed by atoms with E-state index in [4.69, 9.17) is 3.32 Å². The summed E-state index contributed by atoms with van der Waals surface area (Å²) in [4.78, 5) is 3.27. The summed E-state index contributed by atoms with van der Waals surface area (Å²) in [6, 6.07) is 5.67. The van der Waals surface area contributed by atoms with E-state index >= 15 is 0 Å². The van der Waals surface area contributed by atoms with E-state index in [0.717, 1.165) is 11.1 Å². The maximum atomic E-state index is 12.5. The Morgan fingerprint density at radius 2 is 1.57 bits per heavy atom. The summed E-state index contributed by atoms with van der Waals surface area (Å²) >= 11 is -2.93. The van der Waals surface area contributed by atoms with Crippen LogP contribution in [0.2, 0.25) is 0 Å². The second-order valence-corrected chi connectivity index (χ2v) is 4.21. The Kier molecular flexibility index (Phi) is 8.76. The number of halogens is 3. The van der Waals surface area contributed by atoms with Crippen LogP contribution < -0.4 is 3.32 Å². The Labute approximate surface area is 103 Å². The van der Waals surface area contributed by atoms with Crippen molar-refractivity contribution in [1.29, 1.82) is 0 Å². The van der Waals surface area contributed by atoms with Crippen LogP contribution in [0.5, 0.6) is 5.75 Å². The van der Waals surface area contributed by atoms with E-state index in [-0.39, 0.29) is 24.8 Å². The quantitative estimate of drug-likeness (QED) is 0.752. The van der Waals surface area contributed by atoms with Gasteiger partial charge in [0.1, 0.15) is 0 Å². The van der Waals surface area contributed by atoms with Gasteiger partial charge in [-0.05, 0) is 0 Å². The van der Waals surface area contributed by atoms with Gasteiger partial charge in [0.2, 0.25) is 0 Å². The van der Waals surface area contributed by atoms with Gasteiger partial charge in [0.25, 0.3) is 0 Å². The minimum absolute atomic E-state index is 0. The molecule has 0 atom stereocenters. The van der Waals surface area contributed by atoms with Gasteiger partial charge in [0.05, 0.1) is 0 Å². The molecule has 14 heavy (non-hydrogen) atoms. The normalized spacial score (nSPS) is 8.21. The van der Waals surface area contributed by atoms with Gasteiger partial charge in [-0.1, -0.05) is 0 Å². The first-order chi connectivity index (χ1) is 5.58. The van der Waals surface area contributed by atoms with Gasteiger partial charge < -0.3 is 0 Å². The summed E-state index contributed by atoms with van der Waals surface area (Å²) in [7, 11) is 0. The van der Waals surface area contributed by atoms with E-state index in [2.05, 4.69) is 4.82 Å². The van der Waals surface area contributed by atoms with E-state index < -0.39 is 18.3 Å². The molecule has 0 unspecified atom stereocenters. The molecular weight excluding hydrogens is 262 g/mol. The third-order valence-electron chi connectivity index (χ3n) is 1.42. The summed E-state index contributed by atoms with van der Waals surface area (Å²) in [6.07, 6.45) is 0. The molecule has 0 spiro atoms. The molecule has 0 saturated heterocycles. The second-order valence-electron chi connectivity index (χ2n) is 2.78. The standard InChI is InChI=1S/C8H10O.CH2.2ClH.FH.Ti/c1-6-3-7(2)5-8(9)4-6;;;;;/h3-5,9H,1-2H3;1H2;3*1H;/q;;;;;+2/p-2. The Balaban J connectivity index is 0. The third-order valence-corrected chi connectivity index (χ3v) is 2.14. The first kappa shape index (κ1) is 16.5. The van der Waals surface area contributed by atoms with Gasteiger partial charge >= 0.3 is 78.5 Å². The van der Waals surface area contributed by atoms with Crippen molar-refractivity contribution < 1.29 is 24.7 Å². The number of aryl methyl sites for hydroxylation is 2. The summed E-state index contributed by atoms with van der Waals surface area (Å²) in [5.41, 5.74) is 2.17. The molecule has 0 fully saturated rings. The van der Waals surface area contributed by atoms with Crippen LogP contribution in [0.25, 0.3) is 0 Å². The molecule has 0 aromatic heterocycles. The van der Waals surface area contributed by atoms with Crippen LogP contribution in [-0.4, -0.2) is 4.82 Å². The molecule has 1 aromatic carbocycles. The fraction of sp³-hybridized carbons (Fsp3) is 0.222. The number of hydrogen-bond donors (Lipinski definition) is 0. The van der Waals surface area contributed by atoms with E-state index in [1.807, 2.05) is 32.0 Å². The number of hydrogen-bond acceptors (Lipinski definition) is 1. The fourth-order valence-corrected chi connectivity index (χ4v) is 1.70. The Hall–Kier alpha value is 0.114. The molecule has 0 aliphatic carbocycles. The molecule has 0 aliphatic rings. The average molecular weight is 275 g/mol. The van der Waals surface area contributed by atoms with E-state index in [1.54, 1.807) is 0 Å². The van der Waals surface area contributed by atoms with E-state index in [9.17, 15) is 3.09 Å². The minimum atomic E-state index is -2.93. The molecule has 0 saturated carbocycles. The monoisotopic (exact) mass is 274 g/mol. The van der Waals surface area contributed by atoms with Crippen molar-refractivity contribution in [2.75, 3.05) is 0 Å². The summed E-state index contributed by atoms with van der Waals surface area (Å²) in [5.74, 6) is 0.611. The van der Waals surface area contributed by atoms with Crippen LogP contribution in [0, 0.1) is 13.8 Å². The Morgan fingerprint density at radius 1 is 1.14 bits per heavy atom. The molecule has 0 N–H and O–H groups in total. The molecule has 0 amide bonds. The van der Waals surface area contributed by atoms with Gasteiger partial charge in [-0.25, -0.2) is 0 Å². The first-order valence-electron chi connectivity index (χ1n) is 3.68. The third kappa shape index (κ3) is 5.76. The topological polar surface area (TPSA) is 9.23 Å². The van der Waals surface area contributed by atoms with Gasteiger partial charge in [-0.15, -0.1) is 24.8 Å². The van der Waals surface area contributed by atoms with E-state index in [0.29, 0.717) is 5.75 Å². The average Bonchev–Trinajstić information content (AvgIpc) is 1.81. The van der Waals surface area contributed by atoms with E-state index in [1.165, 1.54) is 0 Å². The number of rotatable bonds is 2. The van der Waals surface area contributed by atoms with Gasteiger partial charge in [-0.2, -0.15) is 0 Å². The molecule has 0 bridgehead atoms. The zero-order chi connectivity index (χ0) is 9.14. The van der Waals surface area contributed by atoms with Crippen molar-refractivity contribution in [3.05, 3.63) is 29.3 Å². The SMILES string of the molecule is Cl.Cl.[CH2]=[Ti]([F])[O]c1cc(C)cc(C)c1. The van der Waals surface area contributed by atoms with Crippen LogP contribution >= 0.6 is 24.8 Å². The van der Waals surface area contributed by atoms with Crippen LogP contribution in [0.1, 0.15) is 11.1 Å². The summed E-state index contributed by atoms with van der Waals surface area (Å²) in [6.45, 7) is 3.92. The van der Waals surface area contributed by atoms with Crippen LogP contribution in [0.4, 0.5) is 3.09 Å². The van der Waals surface area contributed by atoms with Crippen LogP contribution in [0.3, 0.4) is 0 Å². The van der Waals surface area contributed by atoms with Gasteiger partial charge in [0.15, 0.2) is 0 Å². The Morgan fingerprint density at radius 3 is 1.93 bits per heavy atom. The zero-order valence-electron chi connectivity index (χ0n) is 8.04. The molecule has 1 nitrogen and oxygen atoms in total. The van der Waals surface area contributed by atoms with Crippen molar-refractivity contribution in [3.63, 3.8) is 0 Å². The molecular formula is C9H13Cl2FOTi. The molecule has 0 radical (unpaired) electrons. The van der Waals surface area contributed by atoms with Gasteiger partial charge in [0, 0.05) is 0 Å². The van der Waals surface area contributed by atoms with Crippen LogP contribution in [0.15, 0.2) is 18.2 Å². The van der Waals surface area contributed by atoms with Gasteiger partial charge in [-0.3, -0.25) is 0 Å². The molecule has 0 heterocycles. The molecule has 1 rings (SSSR count). The predicted octanol–water partition coefficient (Wildman–Crippen LogP) is 3.38. The molecule has 80 valence electrons. The molecule has 0 aliphatic heterocycles. The fourth-order valence-electron chi connectivity index (χ4n) is 1.12. The summed E-state index contributed by atoms with van der Waals surface area (Å²) in [5, 5.41) is 0. The second kappa shape index (κ2) is 7.41. The van der Waals surface area contributed by atoms with Crippen molar-refractivity contribution in [1.82, 2.24) is 0 Å². The van der Waals surface area contributed by atoms with Crippen LogP contribution in [-0.2, 0) is 18.3 Å². The zero-order valence-corrected chi connectivity index (χ0v) is 11.2. The molecule has 1 aromatic rings. The predicted molar refractivity (Wildman–Crippen MR) is 59.3 cm³/mol. The molecule has 5 heteroatoms. The van der Waals surface area contributed by atoms with Crippen molar-refractivity contribution in [3.8, 4) is 5.75 Å². The first-order valence-corrected chi connectivity index (χ1v) is 6.01. The maximum absolute atomic E-state index is 12.5. The number of benzene rings is 1. The van der Waals surface area contributed by atoms with Crippen molar-refractivity contribution in [2.24, 2.45) is 0 Å².